The summed E-state index contributed by atoms with van der Waals surface area (Å²) in [4.78, 5) is 21.2. The second kappa shape index (κ2) is 8.22. The molecule has 0 aliphatic carbocycles. The number of carbonyl (C=O) groups is 1. The van der Waals surface area contributed by atoms with Gasteiger partial charge in [0, 0.05) is 25.5 Å². The van der Waals surface area contributed by atoms with Crippen LogP contribution in [0.25, 0.3) is 11.2 Å². The van der Waals surface area contributed by atoms with Crippen LogP contribution in [0.5, 0.6) is 0 Å². The SMILES string of the molecule is O=C(NCCCn1cc(Cl)cn1)c1cnc2c(c1)ncn2Cc1ccccc1. The quantitative estimate of drug-likeness (QED) is 0.488. The van der Waals surface area contributed by atoms with Gasteiger partial charge in [-0.15, -0.1) is 0 Å². The molecule has 0 unspecified atom stereocenters. The zero-order chi connectivity index (χ0) is 19.3. The minimum absolute atomic E-state index is 0.162. The van der Waals surface area contributed by atoms with Crippen molar-refractivity contribution in [2.75, 3.05) is 6.54 Å². The van der Waals surface area contributed by atoms with E-state index in [1.54, 1.807) is 35.7 Å². The number of nitrogens with one attached hydrogen (secondary N) is 1. The van der Waals surface area contributed by atoms with E-state index in [4.69, 9.17) is 11.6 Å². The molecule has 4 rings (SSSR count). The summed E-state index contributed by atoms with van der Waals surface area (Å²) in [7, 11) is 0. The number of amides is 1. The summed E-state index contributed by atoms with van der Waals surface area (Å²) in [6.45, 7) is 1.91. The molecule has 0 aliphatic heterocycles. The topological polar surface area (TPSA) is 77.6 Å². The number of pyridine rings is 1. The maximum absolute atomic E-state index is 12.4. The molecule has 4 aromatic rings. The van der Waals surface area contributed by atoms with Gasteiger partial charge in [-0.2, -0.15) is 5.10 Å². The van der Waals surface area contributed by atoms with Crippen LogP contribution in [0.3, 0.4) is 0 Å². The molecular weight excluding hydrogens is 376 g/mol. The average Bonchev–Trinajstić information content (AvgIpc) is 3.31. The molecule has 0 saturated carbocycles. The molecule has 0 aliphatic rings. The molecule has 8 heteroatoms. The Hall–Kier alpha value is -3.19. The predicted molar refractivity (Wildman–Crippen MR) is 107 cm³/mol. The van der Waals surface area contributed by atoms with Crippen molar-refractivity contribution in [1.29, 1.82) is 0 Å². The van der Waals surface area contributed by atoms with Crippen molar-refractivity contribution < 1.29 is 4.79 Å². The molecule has 0 bridgehead atoms. The number of benzene rings is 1. The zero-order valence-corrected chi connectivity index (χ0v) is 15.9. The van der Waals surface area contributed by atoms with E-state index in [1.807, 2.05) is 22.8 Å². The van der Waals surface area contributed by atoms with E-state index in [9.17, 15) is 4.79 Å². The number of carbonyl (C=O) groups excluding carboxylic acids is 1. The Morgan fingerprint density at radius 2 is 2.00 bits per heavy atom. The summed E-state index contributed by atoms with van der Waals surface area (Å²) in [5.41, 5.74) is 3.13. The molecule has 0 atom stereocenters. The molecule has 1 amide bonds. The highest BCUT2D eigenvalue weighted by Gasteiger charge is 2.10. The molecule has 28 heavy (non-hydrogen) atoms. The molecule has 0 saturated heterocycles. The number of nitrogens with zero attached hydrogens (tertiary/aromatic N) is 5. The highest BCUT2D eigenvalue weighted by atomic mass is 35.5. The lowest BCUT2D eigenvalue weighted by atomic mass is 10.2. The number of fused-ring (bicyclic) bond motifs is 1. The number of halogens is 1. The summed E-state index contributed by atoms with van der Waals surface area (Å²) in [5.74, 6) is -0.162. The first-order valence-corrected chi connectivity index (χ1v) is 9.38. The Morgan fingerprint density at radius 3 is 2.79 bits per heavy atom. The predicted octanol–water partition coefficient (Wildman–Crippen LogP) is 3.15. The van der Waals surface area contributed by atoms with Gasteiger partial charge >= 0.3 is 0 Å². The minimum atomic E-state index is -0.162. The van der Waals surface area contributed by atoms with Crippen molar-refractivity contribution in [2.45, 2.75) is 19.5 Å². The van der Waals surface area contributed by atoms with Gasteiger partial charge in [0.15, 0.2) is 5.65 Å². The Labute approximate surface area is 167 Å². The van der Waals surface area contributed by atoms with Crippen LogP contribution in [0.4, 0.5) is 0 Å². The van der Waals surface area contributed by atoms with Gasteiger partial charge in [-0.1, -0.05) is 41.9 Å². The molecule has 0 fully saturated rings. The molecule has 7 nitrogen and oxygen atoms in total. The Bertz CT molecular complexity index is 1090. The van der Waals surface area contributed by atoms with E-state index in [0.29, 0.717) is 35.7 Å². The van der Waals surface area contributed by atoms with Crippen LogP contribution < -0.4 is 5.32 Å². The van der Waals surface area contributed by atoms with E-state index in [-0.39, 0.29) is 5.91 Å². The normalized spacial score (nSPS) is 11.0. The fraction of sp³-hybridized carbons (Fsp3) is 0.200. The number of hydrogen-bond acceptors (Lipinski definition) is 4. The van der Waals surface area contributed by atoms with Crippen LogP contribution in [0, 0.1) is 0 Å². The van der Waals surface area contributed by atoms with Crippen molar-refractivity contribution in [3.63, 3.8) is 0 Å². The van der Waals surface area contributed by atoms with Crippen molar-refractivity contribution in [1.82, 2.24) is 29.6 Å². The average molecular weight is 395 g/mol. The van der Waals surface area contributed by atoms with E-state index < -0.39 is 0 Å². The van der Waals surface area contributed by atoms with Crippen LogP contribution in [-0.4, -0.2) is 36.8 Å². The van der Waals surface area contributed by atoms with Crippen molar-refractivity contribution >= 4 is 28.7 Å². The lowest BCUT2D eigenvalue weighted by molar-refractivity contribution is 0.0952. The Balaban J connectivity index is 1.36. The first-order chi connectivity index (χ1) is 13.7. The van der Waals surface area contributed by atoms with Crippen molar-refractivity contribution in [2.24, 2.45) is 0 Å². The summed E-state index contributed by atoms with van der Waals surface area (Å²) in [6.07, 6.45) is 7.45. The van der Waals surface area contributed by atoms with Crippen molar-refractivity contribution in [3.8, 4) is 0 Å². The van der Waals surface area contributed by atoms with Crippen molar-refractivity contribution in [3.05, 3.63) is 77.5 Å². The van der Waals surface area contributed by atoms with E-state index in [0.717, 1.165) is 12.1 Å². The smallest absolute Gasteiger partial charge is 0.252 e. The monoisotopic (exact) mass is 394 g/mol. The molecule has 0 spiro atoms. The van der Waals surface area contributed by atoms with Crippen LogP contribution in [0.2, 0.25) is 5.02 Å². The molecule has 0 radical (unpaired) electrons. The van der Waals surface area contributed by atoms with Gasteiger partial charge in [-0.3, -0.25) is 9.48 Å². The largest absolute Gasteiger partial charge is 0.352 e. The molecule has 142 valence electrons. The molecule has 1 aromatic carbocycles. The van der Waals surface area contributed by atoms with Gasteiger partial charge in [0.05, 0.1) is 29.7 Å². The molecule has 3 heterocycles. The van der Waals surface area contributed by atoms with Gasteiger partial charge in [0.2, 0.25) is 0 Å². The minimum Gasteiger partial charge on any atom is -0.352 e. The van der Waals surface area contributed by atoms with Crippen LogP contribution >= 0.6 is 11.6 Å². The highest BCUT2D eigenvalue weighted by Crippen LogP contribution is 2.14. The highest BCUT2D eigenvalue weighted by molar-refractivity contribution is 6.30. The summed E-state index contributed by atoms with van der Waals surface area (Å²) in [5, 5.41) is 7.61. The van der Waals surface area contributed by atoms with Gasteiger partial charge in [0.25, 0.3) is 5.91 Å². The number of imidazole rings is 1. The van der Waals surface area contributed by atoms with E-state index in [1.165, 1.54) is 5.56 Å². The first-order valence-electron chi connectivity index (χ1n) is 9.00. The third kappa shape index (κ3) is 4.20. The first kappa shape index (κ1) is 18.2. The van der Waals surface area contributed by atoms with E-state index >= 15 is 0 Å². The summed E-state index contributed by atoms with van der Waals surface area (Å²) < 4.78 is 3.73. The Kier molecular flexibility index (Phi) is 5.34. The fourth-order valence-corrected chi connectivity index (χ4v) is 3.13. The maximum atomic E-state index is 12.4. The maximum Gasteiger partial charge on any atom is 0.252 e. The van der Waals surface area contributed by atoms with Gasteiger partial charge < -0.3 is 9.88 Å². The van der Waals surface area contributed by atoms with E-state index in [2.05, 4.69) is 32.5 Å². The number of hydrogen-bond donors (Lipinski definition) is 1. The van der Waals surface area contributed by atoms with Crippen LogP contribution in [0.15, 0.2) is 61.3 Å². The lowest BCUT2D eigenvalue weighted by Gasteiger charge is -2.06. The molecule has 1 N–H and O–H groups in total. The van der Waals surface area contributed by atoms with Gasteiger partial charge in [-0.25, -0.2) is 9.97 Å². The summed E-state index contributed by atoms with van der Waals surface area (Å²) in [6, 6.07) is 11.9. The lowest BCUT2D eigenvalue weighted by Crippen LogP contribution is -2.25. The summed E-state index contributed by atoms with van der Waals surface area (Å²) >= 11 is 5.83. The third-order valence-corrected chi connectivity index (χ3v) is 4.56. The van der Waals surface area contributed by atoms with Crippen LogP contribution in [-0.2, 0) is 13.1 Å². The number of aromatic nitrogens is 5. The Morgan fingerprint density at radius 1 is 1.14 bits per heavy atom. The standard InChI is InChI=1S/C20H19ClN6O/c21-17-11-25-27(13-17)8-4-7-22-20(28)16-9-18-19(23-10-16)26(14-24-18)12-15-5-2-1-3-6-15/h1-3,5-6,9-11,13-14H,4,7-8,12H2,(H,22,28). The second-order valence-electron chi connectivity index (χ2n) is 6.46. The zero-order valence-electron chi connectivity index (χ0n) is 15.1. The molecular formula is C20H19ClN6O. The van der Waals surface area contributed by atoms with Crippen LogP contribution in [0.1, 0.15) is 22.3 Å². The second-order valence-corrected chi connectivity index (χ2v) is 6.89. The van der Waals surface area contributed by atoms with Gasteiger partial charge in [0.1, 0.15) is 5.52 Å². The van der Waals surface area contributed by atoms with Gasteiger partial charge in [-0.05, 0) is 18.1 Å². The number of rotatable bonds is 7. The third-order valence-electron chi connectivity index (χ3n) is 4.36. The number of aryl methyl sites for hydroxylation is 1. The molecule has 3 aromatic heterocycles. The fourth-order valence-electron chi connectivity index (χ4n) is 2.97.